The van der Waals surface area contributed by atoms with Crippen LogP contribution in [0.1, 0.15) is 11.3 Å². The van der Waals surface area contributed by atoms with Gasteiger partial charge in [0.05, 0.1) is 11.7 Å². The quantitative estimate of drug-likeness (QED) is 0.556. The number of aryl methyl sites for hydroxylation is 1. The number of benzene rings is 2. The van der Waals surface area contributed by atoms with Crippen molar-refractivity contribution in [3.8, 4) is 11.1 Å². The molecule has 0 unspecified atom stereocenters. The topological polar surface area (TPSA) is 60.9 Å². The Morgan fingerprint density at radius 2 is 1.80 bits per heavy atom. The Bertz CT molecular complexity index is 1130. The molecule has 1 saturated heterocycles. The number of hydrogen-bond acceptors (Lipinski definition) is 5. The number of aromatic amines is 1. The van der Waals surface area contributed by atoms with E-state index >= 15 is 0 Å². The number of nitrogens with zero attached hydrogens (tertiary/aromatic N) is 5. The molecule has 2 aromatic heterocycles. The van der Waals surface area contributed by atoms with Gasteiger partial charge in [0.25, 0.3) is 0 Å². The molecule has 4 aromatic rings. The van der Waals surface area contributed by atoms with Crippen molar-refractivity contribution in [1.29, 1.82) is 0 Å². The van der Waals surface area contributed by atoms with Crippen LogP contribution in [0.4, 0.5) is 5.82 Å². The Labute approximate surface area is 176 Å². The maximum Gasteiger partial charge on any atom is 0.139 e. The lowest BCUT2D eigenvalue weighted by atomic mass is 10.0. The highest BCUT2D eigenvalue weighted by Gasteiger charge is 2.20. The average molecular weight is 399 g/mol. The highest BCUT2D eigenvalue weighted by molar-refractivity contribution is 5.93. The smallest absolute Gasteiger partial charge is 0.139 e. The predicted octanol–water partition coefficient (Wildman–Crippen LogP) is 3.69. The van der Waals surface area contributed by atoms with Crippen molar-refractivity contribution in [1.82, 2.24) is 25.1 Å². The molecule has 1 aliphatic rings. The van der Waals surface area contributed by atoms with E-state index in [9.17, 15) is 0 Å². The van der Waals surface area contributed by atoms with E-state index in [0.717, 1.165) is 72.7 Å². The molecule has 0 atom stereocenters. The molecule has 1 N–H and O–H groups in total. The fraction of sp³-hybridized carbons (Fsp3) is 0.292. The number of anilines is 1. The van der Waals surface area contributed by atoms with E-state index in [1.807, 2.05) is 13.1 Å². The molecule has 0 saturated carbocycles. The first-order valence-electron chi connectivity index (χ1n) is 10.5. The largest absolute Gasteiger partial charge is 0.353 e. The average Bonchev–Trinajstić information content (AvgIpc) is 3.24. The summed E-state index contributed by atoms with van der Waals surface area (Å²) in [7, 11) is 0. The number of hydrogen-bond donors (Lipinski definition) is 1. The monoisotopic (exact) mass is 398 g/mol. The van der Waals surface area contributed by atoms with Crippen molar-refractivity contribution in [2.24, 2.45) is 0 Å². The lowest BCUT2D eigenvalue weighted by Gasteiger charge is -2.35. The van der Waals surface area contributed by atoms with Crippen LogP contribution in [0.3, 0.4) is 0 Å². The van der Waals surface area contributed by atoms with Crippen LogP contribution in [0.25, 0.3) is 22.0 Å². The van der Waals surface area contributed by atoms with E-state index in [4.69, 9.17) is 0 Å². The van der Waals surface area contributed by atoms with Crippen LogP contribution < -0.4 is 4.90 Å². The van der Waals surface area contributed by atoms with E-state index in [2.05, 4.69) is 78.5 Å². The molecule has 2 aromatic carbocycles. The van der Waals surface area contributed by atoms with E-state index in [1.165, 1.54) is 5.56 Å². The first kappa shape index (κ1) is 18.8. The summed E-state index contributed by atoms with van der Waals surface area (Å²) in [5.41, 5.74) is 5.73. The third-order valence-electron chi connectivity index (χ3n) is 5.99. The van der Waals surface area contributed by atoms with Crippen molar-refractivity contribution < 1.29 is 0 Å². The lowest BCUT2D eigenvalue weighted by molar-refractivity contribution is 0.260. The molecule has 0 aliphatic carbocycles. The van der Waals surface area contributed by atoms with Gasteiger partial charge in [-0.1, -0.05) is 36.4 Å². The van der Waals surface area contributed by atoms with Gasteiger partial charge >= 0.3 is 0 Å². The van der Waals surface area contributed by atoms with Crippen LogP contribution in [-0.2, 0) is 6.42 Å². The highest BCUT2D eigenvalue weighted by Crippen LogP contribution is 2.30. The highest BCUT2D eigenvalue weighted by atomic mass is 15.3. The van der Waals surface area contributed by atoms with Gasteiger partial charge in [-0.05, 0) is 36.6 Å². The number of nitrogens with one attached hydrogen (secondary N) is 1. The molecule has 1 aliphatic heterocycles. The maximum atomic E-state index is 4.67. The molecule has 0 spiro atoms. The number of aromatic nitrogens is 4. The number of rotatable bonds is 5. The lowest BCUT2D eigenvalue weighted by Crippen LogP contribution is -2.47. The van der Waals surface area contributed by atoms with Gasteiger partial charge in [0.1, 0.15) is 12.1 Å². The van der Waals surface area contributed by atoms with Crippen molar-refractivity contribution in [3.05, 3.63) is 72.3 Å². The Morgan fingerprint density at radius 3 is 2.57 bits per heavy atom. The van der Waals surface area contributed by atoms with Gasteiger partial charge in [-0.3, -0.25) is 10.00 Å². The first-order valence-corrected chi connectivity index (χ1v) is 10.5. The second-order valence-electron chi connectivity index (χ2n) is 7.90. The maximum absolute atomic E-state index is 4.67. The van der Waals surface area contributed by atoms with Crippen LogP contribution in [-0.4, -0.2) is 57.8 Å². The van der Waals surface area contributed by atoms with Crippen LogP contribution in [0.15, 0.2) is 61.1 Å². The Kier molecular flexibility index (Phi) is 5.15. The van der Waals surface area contributed by atoms with Crippen LogP contribution in [0.2, 0.25) is 0 Å². The minimum Gasteiger partial charge on any atom is -0.353 e. The van der Waals surface area contributed by atoms with E-state index < -0.39 is 0 Å². The molecule has 6 heteroatoms. The summed E-state index contributed by atoms with van der Waals surface area (Å²) < 4.78 is 0. The van der Waals surface area contributed by atoms with Gasteiger partial charge < -0.3 is 4.90 Å². The van der Waals surface area contributed by atoms with Gasteiger partial charge in [-0.2, -0.15) is 5.10 Å². The molecule has 30 heavy (non-hydrogen) atoms. The third-order valence-corrected chi connectivity index (χ3v) is 5.99. The standard InChI is InChI=1S/C24H26N6/c1-18-22(16-27-28-18)20-7-8-23-21(15-20)24(26-17-25-23)30-13-11-29(12-14-30)10-9-19-5-3-2-4-6-19/h2-8,15-17H,9-14H2,1H3,(H,27,28). The van der Waals surface area contributed by atoms with Crippen LogP contribution >= 0.6 is 0 Å². The van der Waals surface area contributed by atoms with Crippen LogP contribution in [0.5, 0.6) is 0 Å². The summed E-state index contributed by atoms with van der Waals surface area (Å²) in [6.07, 6.45) is 4.67. The van der Waals surface area contributed by atoms with E-state index in [0.29, 0.717) is 0 Å². The van der Waals surface area contributed by atoms with Crippen LogP contribution in [0, 0.1) is 6.92 Å². The molecule has 5 rings (SSSR count). The molecule has 1 fully saturated rings. The van der Waals surface area contributed by atoms with E-state index in [-0.39, 0.29) is 0 Å². The summed E-state index contributed by atoms with van der Waals surface area (Å²) in [6, 6.07) is 17.1. The first-order chi connectivity index (χ1) is 14.8. The molecule has 6 nitrogen and oxygen atoms in total. The van der Waals surface area contributed by atoms with E-state index in [1.54, 1.807) is 6.33 Å². The van der Waals surface area contributed by atoms with Gasteiger partial charge in [-0.15, -0.1) is 0 Å². The van der Waals surface area contributed by atoms with Crippen molar-refractivity contribution in [2.45, 2.75) is 13.3 Å². The second kappa shape index (κ2) is 8.24. The summed E-state index contributed by atoms with van der Waals surface area (Å²) >= 11 is 0. The zero-order chi connectivity index (χ0) is 20.3. The predicted molar refractivity (Wildman–Crippen MR) is 121 cm³/mol. The Balaban J connectivity index is 1.32. The van der Waals surface area contributed by atoms with Crippen molar-refractivity contribution in [3.63, 3.8) is 0 Å². The summed E-state index contributed by atoms with van der Waals surface area (Å²) in [6.45, 7) is 7.22. The minimum absolute atomic E-state index is 0.982. The van der Waals surface area contributed by atoms with Gasteiger partial charge in [0, 0.05) is 49.4 Å². The normalized spacial score (nSPS) is 15.0. The van der Waals surface area contributed by atoms with Gasteiger partial charge in [0.2, 0.25) is 0 Å². The third kappa shape index (κ3) is 3.78. The fourth-order valence-corrected chi connectivity index (χ4v) is 4.22. The zero-order valence-corrected chi connectivity index (χ0v) is 17.3. The molecule has 0 bridgehead atoms. The number of fused-ring (bicyclic) bond motifs is 1. The van der Waals surface area contributed by atoms with Gasteiger partial charge in [0.15, 0.2) is 0 Å². The van der Waals surface area contributed by atoms with Gasteiger partial charge in [-0.25, -0.2) is 9.97 Å². The fourth-order valence-electron chi connectivity index (χ4n) is 4.22. The van der Waals surface area contributed by atoms with Crippen molar-refractivity contribution in [2.75, 3.05) is 37.6 Å². The molecule has 3 heterocycles. The number of piperazine rings is 1. The number of H-pyrrole nitrogens is 1. The Morgan fingerprint density at radius 1 is 0.967 bits per heavy atom. The molecule has 0 radical (unpaired) electrons. The second-order valence-corrected chi connectivity index (χ2v) is 7.90. The summed E-state index contributed by atoms with van der Waals surface area (Å²) in [4.78, 5) is 14.1. The Hall–Kier alpha value is -3.25. The molecular formula is C24H26N6. The minimum atomic E-state index is 0.982. The zero-order valence-electron chi connectivity index (χ0n) is 17.3. The summed E-state index contributed by atoms with van der Waals surface area (Å²) in [5.74, 6) is 1.03. The van der Waals surface area contributed by atoms with Crippen molar-refractivity contribution >= 4 is 16.7 Å². The molecular weight excluding hydrogens is 372 g/mol. The molecule has 0 amide bonds. The summed E-state index contributed by atoms with van der Waals surface area (Å²) in [5, 5.41) is 8.30. The SMILES string of the molecule is Cc1[nH]ncc1-c1ccc2ncnc(N3CCN(CCc4ccccc4)CC3)c2c1. The molecule has 152 valence electrons.